The Kier molecular flexibility index (Phi) is 4.64. The molecule has 0 fully saturated rings. The van der Waals surface area contributed by atoms with Crippen molar-refractivity contribution in [1.82, 2.24) is 5.32 Å². The van der Waals surface area contributed by atoms with Gasteiger partial charge in [0.2, 0.25) is 5.91 Å². The summed E-state index contributed by atoms with van der Waals surface area (Å²) >= 11 is 0. The van der Waals surface area contributed by atoms with E-state index in [0.29, 0.717) is 5.56 Å². The fourth-order valence-electron chi connectivity index (χ4n) is 1.50. The zero-order valence-corrected chi connectivity index (χ0v) is 11.2. The van der Waals surface area contributed by atoms with Crippen LogP contribution in [0.5, 0.6) is 0 Å². The molecule has 0 aromatic heterocycles. The third-order valence-corrected chi connectivity index (χ3v) is 2.72. The fraction of sp³-hybridized carbons (Fsp3) is 0.429. The Labute approximate surface area is 111 Å². The van der Waals surface area contributed by atoms with Crippen molar-refractivity contribution in [3.63, 3.8) is 0 Å². The number of carbonyl (C=O) groups excluding carboxylic acids is 1. The molecule has 0 bridgehead atoms. The van der Waals surface area contributed by atoms with Crippen LogP contribution in [-0.2, 0) is 9.59 Å². The molecule has 1 aromatic rings. The van der Waals surface area contributed by atoms with Crippen LogP contribution in [-0.4, -0.2) is 23.5 Å². The van der Waals surface area contributed by atoms with Crippen LogP contribution in [0.4, 0.5) is 4.39 Å². The number of carboxylic acid groups (broad SMARTS) is 1. The topological polar surface area (TPSA) is 66.4 Å². The number of amides is 1. The van der Waals surface area contributed by atoms with Crippen LogP contribution < -0.4 is 5.32 Å². The summed E-state index contributed by atoms with van der Waals surface area (Å²) < 4.78 is 12.8. The number of nitrogens with one attached hydrogen (secondary N) is 1. The number of carbonyl (C=O) groups is 2. The highest BCUT2D eigenvalue weighted by atomic mass is 19.1. The van der Waals surface area contributed by atoms with Gasteiger partial charge < -0.3 is 10.4 Å². The van der Waals surface area contributed by atoms with Crippen LogP contribution in [0, 0.1) is 11.2 Å². The van der Waals surface area contributed by atoms with Gasteiger partial charge in [-0.05, 0) is 17.7 Å². The summed E-state index contributed by atoms with van der Waals surface area (Å²) in [5.41, 5.74) is -0.116. The van der Waals surface area contributed by atoms with E-state index in [-0.39, 0.29) is 12.5 Å². The van der Waals surface area contributed by atoms with Gasteiger partial charge in [0.25, 0.3) is 0 Å². The Bertz CT molecular complexity index is 463. The predicted octanol–water partition coefficient (Wildman–Crippen LogP) is 2.16. The van der Waals surface area contributed by atoms with E-state index in [4.69, 9.17) is 5.11 Å². The molecule has 0 spiro atoms. The van der Waals surface area contributed by atoms with Gasteiger partial charge in [-0.2, -0.15) is 0 Å². The van der Waals surface area contributed by atoms with Gasteiger partial charge in [-0.25, -0.2) is 4.39 Å². The molecule has 5 heteroatoms. The fourth-order valence-corrected chi connectivity index (χ4v) is 1.50. The highest BCUT2D eigenvalue weighted by molar-refractivity contribution is 5.83. The lowest BCUT2D eigenvalue weighted by atomic mass is 9.94. The van der Waals surface area contributed by atoms with E-state index in [2.05, 4.69) is 5.32 Å². The van der Waals surface area contributed by atoms with Crippen LogP contribution in [0.15, 0.2) is 24.3 Å². The van der Waals surface area contributed by atoms with Crippen LogP contribution in [0.3, 0.4) is 0 Å². The summed E-state index contributed by atoms with van der Waals surface area (Å²) in [7, 11) is 0. The quantitative estimate of drug-likeness (QED) is 0.878. The second-order valence-electron chi connectivity index (χ2n) is 5.40. The van der Waals surface area contributed by atoms with E-state index < -0.39 is 23.1 Å². The van der Waals surface area contributed by atoms with Crippen molar-refractivity contribution in [2.24, 2.45) is 5.41 Å². The van der Waals surface area contributed by atoms with E-state index >= 15 is 0 Å². The smallest absolute Gasteiger partial charge is 0.312 e. The van der Waals surface area contributed by atoms with Crippen molar-refractivity contribution in [2.75, 3.05) is 6.54 Å². The zero-order chi connectivity index (χ0) is 14.6. The molecule has 2 N–H and O–H groups in total. The largest absolute Gasteiger partial charge is 0.481 e. The summed E-state index contributed by atoms with van der Waals surface area (Å²) in [4.78, 5) is 22.9. The molecule has 1 aromatic carbocycles. The van der Waals surface area contributed by atoms with Crippen LogP contribution in [0.2, 0.25) is 0 Å². The number of rotatable bonds is 4. The summed E-state index contributed by atoms with van der Waals surface area (Å²) in [6, 6.07) is 5.24. The van der Waals surface area contributed by atoms with Gasteiger partial charge in [0.1, 0.15) is 5.82 Å². The monoisotopic (exact) mass is 267 g/mol. The highest BCUT2D eigenvalue weighted by Crippen LogP contribution is 2.18. The molecule has 19 heavy (non-hydrogen) atoms. The Balaban J connectivity index is 2.78. The second-order valence-corrected chi connectivity index (χ2v) is 5.40. The zero-order valence-electron chi connectivity index (χ0n) is 11.2. The summed E-state index contributed by atoms with van der Waals surface area (Å²) in [5.74, 6) is -2.58. The third kappa shape index (κ3) is 4.35. The molecular weight excluding hydrogens is 249 g/mol. The molecule has 0 saturated heterocycles. The number of hydrogen-bond acceptors (Lipinski definition) is 2. The van der Waals surface area contributed by atoms with E-state index in [0.717, 1.165) is 0 Å². The maximum absolute atomic E-state index is 12.8. The van der Waals surface area contributed by atoms with Crippen molar-refractivity contribution in [3.8, 4) is 0 Å². The summed E-state index contributed by atoms with van der Waals surface area (Å²) in [6.07, 6.45) is 0. The molecule has 0 heterocycles. The molecule has 0 saturated carbocycles. The van der Waals surface area contributed by atoms with Crippen molar-refractivity contribution in [1.29, 1.82) is 0 Å². The lowest BCUT2D eigenvalue weighted by Gasteiger charge is -2.20. The highest BCUT2D eigenvalue weighted by Gasteiger charge is 2.25. The van der Waals surface area contributed by atoms with Gasteiger partial charge in [-0.3, -0.25) is 9.59 Å². The van der Waals surface area contributed by atoms with Crippen molar-refractivity contribution < 1.29 is 19.1 Å². The maximum Gasteiger partial charge on any atom is 0.312 e. The lowest BCUT2D eigenvalue weighted by Crippen LogP contribution is -2.38. The first-order valence-electron chi connectivity index (χ1n) is 5.98. The summed E-state index contributed by atoms with van der Waals surface area (Å²) in [6.45, 7) is 5.22. The first-order valence-corrected chi connectivity index (χ1v) is 5.98. The molecule has 1 atom stereocenters. The molecular formula is C14H18FNO3. The minimum Gasteiger partial charge on any atom is -0.481 e. The standard InChI is InChI=1S/C14H18FNO3/c1-14(2,3)13(19)16-8-11(12(17)18)9-4-6-10(15)7-5-9/h4-7,11H,8H2,1-3H3,(H,16,19)(H,17,18). The number of aliphatic carboxylic acids is 1. The summed E-state index contributed by atoms with van der Waals surface area (Å²) in [5, 5.41) is 11.8. The molecule has 1 amide bonds. The minimum atomic E-state index is -1.05. The molecule has 0 radical (unpaired) electrons. The number of carboxylic acids is 1. The SMILES string of the molecule is CC(C)(C)C(=O)NCC(C(=O)O)c1ccc(F)cc1. The van der Waals surface area contributed by atoms with Gasteiger partial charge >= 0.3 is 5.97 Å². The van der Waals surface area contributed by atoms with Crippen molar-refractivity contribution in [3.05, 3.63) is 35.6 Å². The first kappa shape index (κ1) is 15.1. The average Bonchev–Trinajstić information content (AvgIpc) is 2.29. The van der Waals surface area contributed by atoms with Gasteiger partial charge in [0.15, 0.2) is 0 Å². The lowest BCUT2D eigenvalue weighted by molar-refractivity contribution is -0.139. The molecule has 0 aliphatic heterocycles. The molecule has 1 unspecified atom stereocenters. The van der Waals surface area contributed by atoms with Crippen molar-refractivity contribution in [2.45, 2.75) is 26.7 Å². The first-order chi connectivity index (χ1) is 8.71. The van der Waals surface area contributed by atoms with E-state index in [1.807, 2.05) is 0 Å². The molecule has 4 nitrogen and oxygen atoms in total. The van der Waals surface area contributed by atoms with E-state index in [1.54, 1.807) is 20.8 Å². The van der Waals surface area contributed by atoms with E-state index in [9.17, 15) is 14.0 Å². The Hall–Kier alpha value is -1.91. The van der Waals surface area contributed by atoms with E-state index in [1.165, 1.54) is 24.3 Å². The van der Waals surface area contributed by atoms with Crippen LogP contribution in [0.25, 0.3) is 0 Å². The van der Waals surface area contributed by atoms with Gasteiger partial charge in [-0.1, -0.05) is 32.9 Å². The van der Waals surface area contributed by atoms with Gasteiger partial charge in [0, 0.05) is 12.0 Å². The number of hydrogen-bond donors (Lipinski definition) is 2. The Morgan fingerprint density at radius 2 is 1.79 bits per heavy atom. The minimum absolute atomic E-state index is 0.0168. The molecule has 104 valence electrons. The third-order valence-electron chi connectivity index (χ3n) is 2.72. The number of benzene rings is 1. The predicted molar refractivity (Wildman–Crippen MR) is 69.2 cm³/mol. The van der Waals surface area contributed by atoms with Crippen LogP contribution >= 0.6 is 0 Å². The van der Waals surface area contributed by atoms with Gasteiger partial charge in [0.05, 0.1) is 5.92 Å². The average molecular weight is 267 g/mol. The maximum atomic E-state index is 12.8. The molecule has 0 aliphatic rings. The van der Waals surface area contributed by atoms with Crippen LogP contribution in [0.1, 0.15) is 32.3 Å². The number of halogens is 1. The Morgan fingerprint density at radius 1 is 1.26 bits per heavy atom. The van der Waals surface area contributed by atoms with Crippen molar-refractivity contribution >= 4 is 11.9 Å². The molecule has 0 aliphatic carbocycles. The van der Waals surface area contributed by atoms with Gasteiger partial charge in [-0.15, -0.1) is 0 Å². The molecule has 1 rings (SSSR count). The Morgan fingerprint density at radius 3 is 2.21 bits per heavy atom. The second kappa shape index (κ2) is 5.82. The normalized spacial score (nSPS) is 12.8.